The number of quaternary nitrogens is 1. The Labute approximate surface area is 254 Å². The second-order valence-corrected chi connectivity index (χ2v) is 12.8. The highest BCUT2D eigenvalue weighted by Crippen LogP contribution is 2.46. The lowest BCUT2D eigenvalue weighted by atomic mass is 9.64. The van der Waals surface area contributed by atoms with Gasteiger partial charge in [0.05, 0.1) is 18.5 Å². The van der Waals surface area contributed by atoms with E-state index in [2.05, 4.69) is 45.5 Å². The summed E-state index contributed by atoms with van der Waals surface area (Å²) in [6, 6.07) is 15.1. The summed E-state index contributed by atoms with van der Waals surface area (Å²) >= 11 is 6.24. The van der Waals surface area contributed by atoms with Crippen molar-refractivity contribution in [1.29, 1.82) is 0 Å². The quantitative estimate of drug-likeness (QED) is 0.532. The van der Waals surface area contributed by atoms with Crippen LogP contribution in [0.4, 0.5) is 13.2 Å². The zero-order chi connectivity index (χ0) is 30.8. The summed E-state index contributed by atoms with van der Waals surface area (Å²) in [6.45, 7) is 2.49. The number of Topliss-reactive ketones (excluding diaryl/α,β-unsaturated/α-hetero) is 1. The van der Waals surface area contributed by atoms with Crippen LogP contribution in [0.25, 0.3) is 0 Å². The number of aromatic nitrogens is 1. The molecule has 1 amide bonds. The number of nitrogens with one attached hydrogen (secondary N) is 1. The highest BCUT2D eigenvalue weighted by molar-refractivity contribution is 6.28. The zero-order valence-corrected chi connectivity index (χ0v) is 24.8. The number of piperidine rings is 1. The number of ketones is 1. The number of aliphatic carboxylic acids is 1. The number of halogens is 4. The molecule has 4 atom stereocenters. The summed E-state index contributed by atoms with van der Waals surface area (Å²) in [4.78, 5) is 41.5. The highest BCUT2D eigenvalue weighted by atomic mass is 35.5. The Hall–Kier alpha value is -2.98. The summed E-state index contributed by atoms with van der Waals surface area (Å²) in [5, 5.41) is 11.6. The van der Waals surface area contributed by atoms with Crippen LogP contribution in [0.1, 0.15) is 85.3 Å². The van der Waals surface area contributed by atoms with Crippen LogP contribution in [-0.4, -0.2) is 54.4 Å². The van der Waals surface area contributed by atoms with E-state index in [1.165, 1.54) is 37.7 Å². The summed E-state index contributed by atoms with van der Waals surface area (Å²) in [5.74, 6) is -1.55. The molecule has 43 heavy (non-hydrogen) atoms. The Morgan fingerprint density at radius 1 is 1.05 bits per heavy atom. The first-order valence-corrected chi connectivity index (χ1v) is 15.6. The van der Waals surface area contributed by atoms with Crippen molar-refractivity contribution in [2.24, 2.45) is 11.8 Å². The van der Waals surface area contributed by atoms with Crippen LogP contribution in [0, 0.1) is 11.8 Å². The van der Waals surface area contributed by atoms with Crippen LogP contribution >= 0.6 is 11.6 Å². The number of pyridine rings is 1. The van der Waals surface area contributed by atoms with Gasteiger partial charge in [-0.1, -0.05) is 49.6 Å². The SMILES string of the molecule is O=C([O-])C(F)(F)F.O=C1CC[C@]2(C[NH2+]C[C@H]2C(=O)N2CC[C@@H](c3ccccc3)C[C@H]2C2CCCCC2)c2ccc(Cl)[nH+]c21. The van der Waals surface area contributed by atoms with E-state index in [-0.39, 0.29) is 17.1 Å². The molecule has 2 saturated heterocycles. The maximum Gasteiger partial charge on any atom is 0.430 e. The molecule has 0 radical (unpaired) electrons. The summed E-state index contributed by atoms with van der Waals surface area (Å²) in [7, 11) is 0. The van der Waals surface area contributed by atoms with Crippen LogP contribution < -0.4 is 15.4 Å². The number of hydrogen-bond acceptors (Lipinski definition) is 4. The number of carbonyl (C=O) groups excluding carboxylic acids is 3. The highest BCUT2D eigenvalue weighted by Gasteiger charge is 2.57. The number of carboxylic acids is 1. The number of likely N-dealkylation sites (tertiary alicyclic amines) is 1. The van der Waals surface area contributed by atoms with Crippen LogP contribution in [0.2, 0.25) is 5.15 Å². The van der Waals surface area contributed by atoms with E-state index in [0.29, 0.717) is 41.1 Å². The summed E-state index contributed by atoms with van der Waals surface area (Å²) in [5.41, 5.74) is 2.75. The van der Waals surface area contributed by atoms with Crippen LogP contribution in [0.5, 0.6) is 0 Å². The number of benzene rings is 1. The number of nitrogens with zero attached hydrogens (tertiary/aromatic N) is 1. The molecular formula is C32H38ClF3N3O4+. The second kappa shape index (κ2) is 12.9. The van der Waals surface area contributed by atoms with Crippen LogP contribution in [0.3, 0.4) is 0 Å². The molecule has 1 aromatic heterocycles. The van der Waals surface area contributed by atoms with Gasteiger partial charge in [0.25, 0.3) is 10.8 Å². The van der Waals surface area contributed by atoms with Gasteiger partial charge in [0, 0.05) is 30.6 Å². The molecule has 1 saturated carbocycles. The van der Waals surface area contributed by atoms with Crippen molar-refractivity contribution in [2.75, 3.05) is 19.6 Å². The number of aromatic amines is 1. The molecule has 1 spiro atoms. The predicted octanol–water partition coefficient (Wildman–Crippen LogP) is 3.22. The molecule has 0 unspecified atom stereocenters. The van der Waals surface area contributed by atoms with Gasteiger partial charge in [0.15, 0.2) is 0 Å². The molecule has 2 aliphatic carbocycles. The molecular weight excluding hydrogens is 583 g/mol. The second-order valence-electron chi connectivity index (χ2n) is 12.4. The normalized spacial score (nSPS) is 27.8. The average Bonchev–Trinajstić information content (AvgIpc) is 3.43. The molecule has 11 heteroatoms. The van der Waals surface area contributed by atoms with Crippen molar-refractivity contribution in [3.63, 3.8) is 0 Å². The maximum absolute atomic E-state index is 14.5. The van der Waals surface area contributed by atoms with E-state index in [9.17, 15) is 22.8 Å². The molecule has 232 valence electrons. The van der Waals surface area contributed by atoms with Crippen molar-refractivity contribution in [2.45, 2.75) is 81.3 Å². The van der Waals surface area contributed by atoms with Crippen molar-refractivity contribution in [3.8, 4) is 0 Å². The van der Waals surface area contributed by atoms with Gasteiger partial charge in [-0.15, -0.1) is 0 Å². The first kappa shape index (κ1) is 31.4. The fourth-order valence-corrected chi connectivity index (χ4v) is 8.11. The fourth-order valence-electron chi connectivity index (χ4n) is 7.95. The molecule has 3 fully saturated rings. The minimum Gasteiger partial charge on any atom is -0.542 e. The number of nitrogens with two attached hydrogens (primary N) is 1. The van der Waals surface area contributed by atoms with E-state index in [4.69, 9.17) is 21.5 Å². The lowest BCUT2D eigenvalue weighted by Crippen LogP contribution is -2.82. The molecule has 0 bridgehead atoms. The smallest absolute Gasteiger partial charge is 0.430 e. The molecule has 4 aliphatic rings. The van der Waals surface area contributed by atoms with E-state index in [1.54, 1.807) is 0 Å². The number of rotatable bonds is 3. The van der Waals surface area contributed by atoms with Gasteiger partial charge in [0.1, 0.15) is 11.9 Å². The number of carbonyl (C=O) groups is 3. The fraction of sp³-hybridized carbons (Fsp3) is 0.562. The third-order valence-electron chi connectivity index (χ3n) is 10.0. The van der Waals surface area contributed by atoms with E-state index in [1.807, 2.05) is 12.1 Å². The van der Waals surface area contributed by atoms with E-state index < -0.39 is 12.1 Å². The number of H-pyrrole nitrogens is 1. The molecule has 1 aromatic carbocycles. The lowest BCUT2D eigenvalue weighted by molar-refractivity contribution is -0.640. The minimum absolute atomic E-state index is 0.0988. The van der Waals surface area contributed by atoms with Gasteiger partial charge in [-0.2, -0.15) is 18.2 Å². The topological polar surface area (TPSA) is 108 Å². The Kier molecular flexibility index (Phi) is 9.46. The summed E-state index contributed by atoms with van der Waals surface area (Å²) in [6.07, 6.45) is 4.50. The molecule has 6 rings (SSSR count). The Morgan fingerprint density at radius 2 is 1.74 bits per heavy atom. The van der Waals surface area contributed by atoms with Gasteiger partial charge < -0.3 is 20.1 Å². The zero-order valence-electron chi connectivity index (χ0n) is 24.0. The third kappa shape index (κ3) is 6.60. The molecule has 7 nitrogen and oxygen atoms in total. The number of alkyl halides is 3. The van der Waals surface area contributed by atoms with E-state index >= 15 is 0 Å². The number of carboxylic acid groups (broad SMARTS) is 1. The Bertz CT molecular complexity index is 1330. The van der Waals surface area contributed by atoms with Gasteiger partial charge in [0.2, 0.25) is 11.7 Å². The molecule has 3 N–H and O–H groups in total. The molecule has 2 aromatic rings. The number of amides is 1. The van der Waals surface area contributed by atoms with E-state index in [0.717, 1.165) is 44.5 Å². The standard InChI is InChI=1S/C30H36ClN3O2.C2HF3O2/c31-27-12-11-23-28(33-27)26(35)13-15-30(23)19-32-18-24(30)29(36)34-16-14-22(20-7-3-1-4-8-20)17-25(34)21-9-5-2-6-10-21;3-2(4,5)1(6)7/h1,3-4,7-8,11-12,21-22,24-25,32H,2,5-6,9-10,13-19H2;(H,6,7)/p+1/t22-,24+,25+,30+;/m1./s1. The number of hydrogen-bond donors (Lipinski definition) is 1. The van der Waals surface area contributed by atoms with Gasteiger partial charge in [-0.25, -0.2) is 0 Å². The number of fused-ring (bicyclic) bond motifs is 2. The summed E-state index contributed by atoms with van der Waals surface area (Å²) < 4.78 is 31.5. The Morgan fingerprint density at radius 3 is 2.42 bits per heavy atom. The third-order valence-corrected chi connectivity index (χ3v) is 10.2. The van der Waals surface area contributed by atoms with Gasteiger partial charge >= 0.3 is 6.18 Å². The van der Waals surface area contributed by atoms with Crippen molar-refractivity contribution >= 4 is 29.3 Å². The van der Waals surface area contributed by atoms with Crippen molar-refractivity contribution in [1.82, 2.24) is 4.90 Å². The first-order chi connectivity index (χ1) is 20.5. The molecule has 2 aliphatic heterocycles. The average molecular weight is 621 g/mol. The van der Waals surface area contributed by atoms with Gasteiger partial charge in [-0.3, -0.25) is 9.59 Å². The largest absolute Gasteiger partial charge is 0.542 e. The predicted molar refractivity (Wildman–Crippen MR) is 150 cm³/mol. The van der Waals surface area contributed by atoms with Crippen LogP contribution in [0.15, 0.2) is 42.5 Å². The van der Waals surface area contributed by atoms with Crippen molar-refractivity contribution in [3.05, 3.63) is 64.4 Å². The Balaban J connectivity index is 0.000000472. The van der Waals surface area contributed by atoms with Crippen molar-refractivity contribution < 1.29 is 43.0 Å². The first-order valence-electron chi connectivity index (χ1n) is 15.2. The lowest BCUT2D eigenvalue weighted by Gasteiger charge is -2.47. The monoisotopic (exact) mass is 620 g/mol. The van der Waals surface area contributed by atoms with Crippen LogP contribution in [-0.2, 0) is 15.0 Å². The minimum atomic E-state index is -5.19. The maximum atomic E-state index is 14.5. The molecule has 3 heterocycles. The van der Waals surface area contributed by atoms with Gasteiger partial charge in [-0.05, 0) is 67.2 Å².